The van der Waals surface area contributed by atoms with Crippen molar-refractivity contribution in [3.8, 4) is 11.1 Å². The van der Waals surface area contributed by atoms with Crippen LogP contribution >= 0.6 is 0 Å². The Balaban J connectivity index is 1.46. The Hall–Kier alpha value is -2.18. The van der Waals surface area contributed by atoms with E-state index in [0.29, 0.717) is 19.5 Å². The second kappa shape index (κ2) is 7.09. The van der Waals surface area contributed by atoms with E-state index in [1.54, 1.807) is 0 Å². The first-order valence-electron chi connectivity index (χ1n) is 9.33. The molecule has 2 aromatic carbocycles. The molecule has 2 fully saturated rings. The number of likely N-dealkylation sites (tertiary alicyclic amines) is 1. The van der Waals surface area contributed by atoms with E-state index in [4.69, 9.17) is 0 Å². The zero-order valence-corrected chi connectivity index (χ0v) is 16.2. The van der Waals surface area contributed by atoms with Crippen LogP contribution in [0.1, 0.15) is 24.3 Å². The quantitative estimate of drug-likeness (QED) is 0.862. The molecule has 142 valence electrons. The highest BCUT2D eigenvalue weighted by molar-refractivity contribution is 7.88. The highest BCUT2D eigenvalue weighted by Gasteiger charge is 2.47. The van der Waals surface area contributed by atoms with Crippen LogP contribution in [-0.2, 0) is 14.8 Å². The molecule has 1 heterocycles. The number of carbonyl (C=O) groups is 1. The van der Waals surface area contributed by atoms with Gasteiger partial charge in [-0.05, 0) is 35.4 Å². The van der Waals surface area contributed by atoms with Gasteiger partial charge in [-0.15, -0.1) is 0 Å². The van der Waals surface area contributed by atoms with Gasteiger partial charge in [-0.2, -0.15) is 0 Å². The van der Waals surface area contributed by atoms with Gasteiger partial charge in [0.15, 0.2) is 0 Å². The van der Waals surface area contributed by atoms with E-state index in [0.717, 1.165) is 12.7 Å². The lowest BCUT2D eigenvalue weighted by Gasteiger charge is -2.17. The molecule has 5 nitrogen and oxygen atoms in total. The fourth-order valence-corrected chi connectivity index (χ4v) is 4.90. The van der Waals surface area contributed by atoms with E-state index in [1.807, 2.05) is 35.2 Å². The molecule has 1 amide bonds. The Morgan fingerprint density at radius 1 is 1.07 bits per heavy atom. The summed E-state index contributed by atoms with van der Waals surface area (Å²) in [5.74, 6) is 0.406. The van der Waals surface area contributed by atoms with Crippen LogP contribution < -0.4 is 4.72 Å². The van der Waals surface area contributed by atoms with Crippen LogP contribution in [0.3, 0.4) is 0 Å². The zero-order chi connectivity index (χ0) is 19.0. The standard InChI is InChI=1S/C21H24N2O3S/c1-27(25,26)22-16-11-12-23(14-16)21(24)20-13-19(20)18-10-6-5-9-17(18)15-7-3-2-4-8-15/h2-10,16,19-20,22H,11-14H2,1H3/t16-,19-,20+/m1/s1. The van der Waals surface area contributed by atoms with E-state index in [1.165, 1.54) is 16.7 Å². The summed E-state index contributed by atoms with van der Waals surface area (Å²) >= 11 is 0. The predicted octanol–water partition coefficient (Wildman–Crippen LogP) is 2.61. The molecule has 1 saturated heterocycles. The summed E-state index contributed by atoms with van der Waals surface area (Å²) in [4.78, 5) is 14.7. The molecule has 1 saturated carbocycles. The van der Waals surface area contributed by atoms with Gasteiger partial charge in [-0.3, -0.25) is 4.79 Å². The number of hydrogen-bond acceptors (Lipinski definition) is 3. The summed E-state index contributed by atoms with van der Waals surface area (Å²) in [6.07, 6.45) is 2.70. The van der Waals surface area contributed by atoms with Crippen LogP contribution in [0.4, 0.5) is 0 Å². The van der Waals surface area contributed by atoms with Crippen LogP contribution in [0.15, 0.2) is 54.6 Å². The predicted molar refractivity (Wildman–Crippen MR) is 106 cm³/mol. The summed E-state index contributed by atoms with van der Waals surface area (Å²) in [6, 6.07) is 18.4. The molecule has 27 heavy (non-hydrogen) atoms. The molecule has 6 heteroatoms. The fourth-order valence-electron chi connectivity index (χ4n) is 4.11. The number of sulfonamides is 1. The molecule has 0 unspecified atom stereocenters. The molecule has 1 aliphatic carbocycles. The molecule has 1 aliphatic heterocycles. The SMILES string of the molecule is CS(=O)(=O)N[C@@H]1CCN(C(=O)[C@H]2C[C@@H]2c2ccccc2-c2ccccc2)C1. The Morgan fingerprint density at radius 2 is 1.78 bits per heavy atom. The first-order valence-corrected chi connectivity index (χ1v) is 11.2. The highest BCUT2D eigenvalue weighted by atomic mass is 32.2. The molecule has 0 spiro atoms. The van der Waals surface area contributed by atoms with Crippen molar-refractivity contribution in [2.75, 3.05) is 19.3 Å². The summed E-state index contributed by atoms with van der Waals surface area (Å²) in [5.41, 5.74) is 3.59. The van der Waals surface area contributed by atoms with Crippen LogP contribution in [0, 0.1) is 5.92 Å². The zero-order valence-electron chi connectivity index (χ0n) is 15.3. The minimum atomic E-state index is -3.24. The van der Waals surface area contributed by atoms with Crippen LogP contribution in [0.2, 0.25) is 0 Å². The number of rotatable bonds is 5. The monoisotopic (exact) mass is 384 g/mol. The molecular formula is C21H24N2O3S. The number of carbonyl (C=O) groups excluding carboxylic acids is 1. The third-order valence-electron chi connectivity index (χ3n) is 5.43. The van der Waals surface area contributed by atoms with Crippen molar-refractivity contribution in [3.63, 3.8) is 0 Å². The minimum Gasteiger partial charge on any atom is -0.341 e. The third-order valence-corrected chi connectivity index (χ3v) is 6.19. The number of amides is 1. The lowest BCUT2D eigenvalue weighted by Crippen LogP contribution is -2.38. The van der Waals surface area contributed by atoms with Crippen LogP contribution in [-0.4, -0.2) is 44.6 Å². The Labute approximate surface area is 160 Å². The van der Waals surface area contributed by atoms with Gasteiger partial charge in [-0.1, -0.05) is 54.6 Å². The van der Waals surface area contributed by atoms with E-state index in [2.05, 4.69) is 29.0 Å². The molecule has 4 rings (SSSR count). The van der Waals surface area contributed by atoms with Crippen molar-refractivity contribution < 1.29 is 13.2 Å². The summed E-state index contributed by atoms with van der Waals surface area (Å²) in [5, 5.41) is 0. The Kier molecular flexibility index (Phi) is 4.78. The minimum absolute atomic E-state index is 0.00634. The summed E-state index contributed by atoms with van der Waals surface area (Å²) in [6.45, 7) is 1.09. The molecule has 0 bridgehead atoms. The molecule has 1 N–H and O–H groups in total. The van der Waals surface area contributed by atoms with E-state index in [9.17, 15) is 13.2 Å². The molecule has 0 aromatic heterocycles. The van der Waals surface area contributed by atoms with Gasteiger partial charge >= 0.3 is 0 Å². The van der Waals surface area contributed by atoms with Gasteiger partial charge in [0.25, 0.3) is 0 Å². The van der Waals surface area contributed by atoms with Crippen molar-refractivity contribution in [1.82, 2.24) is 9.62 Å². The van der Waals surface area contributed by atoms with Crippen molar-refractivity contribution in [3.05, 3.63) is 60.2 Å². The maximum absolute atomic E-state index is 12.9. The van der Waals surface area contributed by atoms with Gasteiger partial charge in [0.1, 0.15) is 0 Å². The number of hydrogen-bond donors (Lipinski definition) is 1. The van der Waals surface area contributed by atoms with Gasteiger partial charge in [0.05, 0.1) is 6.26 Å². The maximum Gasteiger partial charge on any atom is 0.226 e. The fraction of sp³-hybridized carbons (Fsp3) is 0.381. The average molecular weight is 385 g/mol. The Bertz CT molecular complexity index is 943. The first-order chi connectivity index (χ1) is 12.9. The topological polar surface area (TPSA) is 66.5 Å². The average Bonchev–Trinajstić information content (AvgIpc) is 3.32. The molecule has 0 radical (unpaired) electrons. The first kappa shape index (κ1) is 18.2. The van der Waals surface area contributed by atoms with Crippen molar-refractivity contribution >= 4 is 15.9 Å². The van der Waals surface area contributed by atoms with Gasteiger partial charge in [0.2, 0.25) is 15.9 Å². The van der Waals surface area contributed by atoms with Crippen LogP contribution in [0.25, 0.3) is 11.1 Å². The van der Waals surface area contributed by atoms with Gasteiger partial charge < -0.3 is 4.90 Å². The van der Waals surface area contributed by atoms with Crippen molar-refractivity contribution in [2.24, 2.45) is 5.92 Å². The third kappa shape index (κ3) is 4.06. The van der Waals surface area contributed by atoms with Crippen molar-refractivity contribution in [1.29, 1.82) is 0 Å². The molecule has 2 aromatic rings. The van der Waals surface area contributed by atoms with Crippen LogP contribution in [0.5, 0.6) is 0 Å². The van der Waals surface area contributed by atoms with E-state index >= 15 is 0 Å². The van der Waals surface area contributed by atoms with Crippen molar-refractivity contribution in [2.45, 2.75) is 24.8 Å². The Morgan fingerprint density at radius 3 is 2.52 bits per heavy atom. The molecule has 3 atom stereocenters. The lowest BCUT2D eigenvalue weighted by molar-refractivity contribution is -0.131. The summed E-state index contributed by atoms with van der Waals surface area (Å²) in [7, 11) is -3.24. The maximum atomic E-state index is 12.9. The second-order valence-electron chi connectivity index (χ2n) is 7.56. The van der Waals surface area contributed by atoms with Gasteiger partial charge in [0, 0.05) is 25.0 Å². The summed E-state index contributed by atoms with van der Waals surface area (Å²) < 4.78 is 25.4. The second-order valence-corrected chi connectivity index (χ2v) is 9.34. The lowest BCUT2D eigenvalue weighted by atomic mass is 9.96. The molecule has 2 aliphatic rings. The smallest absolute Gasteiger partial charge is 0.226 e. The van der Waals surface area contributed by atoms with Gasteiger partial charge in [-0.25, -0.2) is 13.1 Å². The largest absolute Gasteiger partial charge is 0.341 e. The number of nitrogens with one attached hydrogen (secondary N) is 1. The molecular weight excluding hydrogens is 360 g/mol. The number of benzene rings is 2. The number of nitrogens with zero attached hydrogens (tertiary/aromatic N) is 1. The normalized spacial score (nSPS) is 24.8. The highest BCUT2D eigenvalue weighted by Crippen LogP contribution is 2.51. The van der Waals surface area contributed by atoms with E-state index < -0.39 is 10.0 Å². The van der Waals surface area contributed by atoms with E-state index in [-0.39, 0.29) is 23.8 Å².